The summed E-state index contributed by atoms with van der Waals surface area (Å²) in [4.78, 5) is 28.1. The van der Waals surface area contributed by atoms with Gasteiger partial charge in [-0.2, -0.15) is 0 Å². The molecule has 2 aromatic rings. The lowest BCUT2D eigenvalue weighted by molar-refractivity contribution is -0.385. The Hall–Kier alpha value is -2.06. The van der Waals surface area contributed by atoms with Gasteiger partial charge in [0, 0.05) is 17.9 Å². The molecule has 3 N–H and O–H groups in total. The highest BCUT2D eigenvalue weighted by atomic mass is 35.5. The molecular weight excluding hydrogens is 304 g/mol. The van der Waals surface area contributed by atoms with Crippen LogP contribution in [0.3, 0.4) is 0 Å². The van der Waals surface area contributed by atoms with E-state index in [9.17, 15) is 14.9 Å². The van der Waals surface area contributed by atoms with Crippen molar-refractivity contribution >= 4 is 34.9 Å². The molecule has 2 rings (SSSR count). The SMILES string of the molecule is Nc1cc(=O)[nH]c(SCc2c(Cl)cccc2[N+](=O)[O-])n1. The second-order valence-corrected chi connectivity index (χ2v) is 5.13. The Morgan fingerprint density at radius 2 is 2.25 bits per heavy atom. The van der Waals surface area contributed by atoms with Crippen molar-refractivity contribution in [1.29, 1.82) is 0 Å². The van der Waals surface area contributed by atoms with E-state index < -0.39 is 4.92 Å². The molecule has 0 saturated carbocycles. The summed E-state index contributed by atoms with van der Waals surface area (Å²) in [6.45, 7) is 0. The van der Waals surface area contributed by atoms with Crippen LogP contribution in [0.1, 0.15) is 5.56 Å². The molecular formula is C11H9ClN4O3S. The van der Waals surface area contributed by atoms with E-state index in [4.69, 9.17) is 17.3 Å². The van der Waals surface area contributed by atoms with E-state index in [-0.39, 0.29) is 33.0 Å². The maximum Gasteiger partial charge on any atom is 0.274 e. The van der Waals surface area contributed by atoms with E-state index in [0.717, 1.165) is 17.8 Å². The van der Waals surface area contributed by atoms with Crippen LogP contribution in [-0.2, 0) is 5.75 Å². The van der Waals surface area contributed by atoms with Gasteiger partial charge < -0.3 is 10.7 Å². The molecule has 104 valence electrons. The molecule has 0 saturated heterocycles. The molecule has 0 bridgehead atoms. The van der Waals surface area contributed by atoms with Gasteiger partial charge in [0.2, 0.25) is 0 Å². The van der Waals surface area contributed by atoms with Crippen molar-refractivity contribution in [3.63, 3.8) is 0 Å². The van der Waals surface area contributed by atoms with Crippen molar-refractivity contribution in [2.75, 3.05) is 5.73 Å². The molecule has 0 aliphatic rings. The average molecular weight is 313 g/mol. The van der Waals surface area contributed by atoms with Gasteiger partial charge in [-0.3, -0.25) is 14.9 Å². The smallest absolute Gasteiger partial charge is 0.274 e. The van der Waals surface area contributed by atoms with Gasteiger partial charge in [0.25, 0.3) is 11.2 Å². The van der Waals surface area contributed by atoms with E-state index in [2.05, 4.69) is 9.97 Å². The van der Waals surface area contributed by atoms with Crippen molar-refractivity contribution in [2.45, 2.75) is 10.9 Å². The lowest BCUT2D eigenvalue weighted by atomic mass is 10.2. The van der Waals surface area contributed by atoms with Crippen molar-refractivity contribution in [3.8, 4) is 0 Å². The van der Waals surface area contributed by atoms with Crippen LogP contribution in [0.4, 0.5) is 11.5 Å². The van der Waals surface area contributed by atoms with Crippen LogP contribution < -0.4 is 11.3 Å². The van der Waals surface area contributed by atoms with Gasteiger partial charge in [-0.25, -0.2) is 4.98 Å². The van der Waals surface area contributed by atoms with Crippen LogP contribution >= 0.6 is 23.4 Å². The molecule has 0 atom stereocenters. The molecule has 1 aromatic heterocycles. The molecule has 0 radical (unpaired) electrons. The number of rotatable bonds is 4. The summed E-state index contributed by atoms with van der Waals surface area (Å²) in [5.41, 5.74) is 5.37. The Morgan fingerprint density at radius 3 is 2.90 bits per heavy atom. The van der Waals surface area contributed by atoms with Crippen molar-refractivity contribution in [3.05, 3.63) is 55.3 Å². The maximum atomic E-state index is 11.2. The maximum absolute atomic E-state index is 11.2. The number of nitro groups is 1. The number of nitrogen functional groups attached to an aromatic ring is 1. The largest absolute Gasteiger partial charge is 0.383 e. The van der Waals surface area contributed by atoms with Crippen molar-refractivity contribution < 1.29 is 4.92 Å². The summed E-state index contributed by atoms with van der Waals surface area (Å²) >= 11 is 7.08. The second kappa shape index (κ2) is 5.93. The zero-order valence-electron chi connectivity index (χ0n) is 10.00. The molecule has 1 heterocycles. The molecule has 7 nitrogen and oxygen atoms in total. The molecule has 0 aliphatic carbocycles. The van der Waals surface area contributed by atoms with Gasteiger partial charge in [0.05, 0.1) is 15.5 Å². The number of nitro benzene ring substituents is 1. The first-order valence-electron chi connectivity index (χ1n) is 5.39. The van der Waals surface area contributed by atoms with Crippen LogP contribution in [0.15, 0.2) is 34.2 Å². The van der Waals surface area contributed by atoms with E-state index in [1.54, 1.807) is 6.07 Å². The quantitative estimate of drug-likeness (QED) is 0.387. The Labute approximate surface area is 122 Å². The normalized spacial score (nSPS) is 10.4. The zero-order valence-corrected chi connectivity index (χ0v) is 11.6. The number of benzene rings is 1. The van der Waals surface area contributed by atoms with Crippen LogP contribution in [0, 0.1) is 10.1 Å². The predicted molar refractivity (Wildman–Crippen MR) is 76.9 cm³/mol. The predicted octanol–water partition coefficient (Wildman–Crippen LogP) is 2.21. The monoisotopic (exact) mass is 312 g/mol. The summed E-state index contributed by atoms with van der Waals surface area (Å²) in [6, 6.07) is 5.61. The number of H-pyrrole nitrogens is 1. The average Bonchev–Trinajstić information content (AvgIpc) is 2.35. The number of aromatic amines is 1. The fraction of sp³-hybridized carbons (Fsp3) is 0.0909. The fourth-order valence-electron chi connectivity index (χ4n) is 1.52. The third kappa shape index (κ3) is 3.28. The Bertz CT molecular complexity index is 719. The molecule has 0 fully saturated rings. The standard InChI is InChI=1S/C11H9ClN4O3S/c12-7-2-1-3-8(16(18)19)6(7)5-20-11-14-9(13)4-10(17)15-11/h1-4H,5H2,(H3,13,14,15,17). The van der Waals surface area contributed by atoms with Gasteiger partial charge in [-0.05, 0) is 6.07 Å². The highest BCUT2D eigenvalue weighted by molar-refractivity contribution is 7.98. The number of nitrogens with zero attached hydrogens (tertiary/aromatic N) is 2. The Balaban J connectivity index is 2.27. The molecule has 9 heteroatoms. The van der Waals surface area contributed by atoms with E-state index in [0.29, 0.717) is 5.56 Å². The van der Waals surface area contributed by atoms with E-state index in [1.807, 2.05) is 0 Å². The number of thioether (sulfide) groups is 1. The number of hydrogen-bond acceptors (Lipinski definition) is 6. The molecule has 0 amide bonds. The van der Waals surface area contributed by atoms with Gasteiger partial charge in [0.1, 0.15) is 5.82 Å². The number of anilines is 1. The minimum atomic E-state index is -0.503. The lowest BCUT2D eigenvalue weighted by Gasteiger charge is -2.05. The fourth-order valence-corrected chi connectivity index (χ4v) is 2.77. The third-order valence-electron chi connectivity index (χ3n) is 2.38. The summed E-state index contributed by atoms with van der Waals surface area (Å²) in [6.07, 6.45) is 0. The van der Waals surface area contributed by atoms with E-state index in [1.165, 1.54) is 12.1 Å². The van der Waals surface area contributed by atoms with Crippen LogP contribution in [0.2, 0.25) is 5.02 Å². The third-order valence-corrected chi connectivity index (χ3v) is 3.64. The number of halogens is 1. The first kappa shape index (κ1) is 14.4. The minimum absolute atomic E-state index is 0.0729. The number of hydrogen-bond donors (Lipinski definition) is 2. The van der Waals surface area contributed by atoms with Crippen LogP contribution in [0.5, 0.6) is 0 Å². The zero-order chi connectivity index (χ0) is 14.7. The Morgan fingerprint density at radius 1 is 1.50 bits per heavy atom. The number of aromatic nitrogens is 2. The topological polar surface area (TPSA) is 115 Å². The number of nitrogens with one attached hydrogen (secondary N) is 1. The van der Waals surface area contributed by atoms with Gasteiger partial charge in [0.15, 0.2) is 5.16 Å². The molecule has 0 unspecified atom stereocenters. The van der Waals surface area contributed by atoms with Gasteiger partial charge in [-0.15, -0.1) is 0 Å². The highest BCUT2D eigenvalue weighted by Crippen LogP contribution is 2.31. The lowest BCUT2D eigenvalue weighted by Crippen LogP contribution is -2.09. The summed E-state index contributed by atoms with van der Waals surface area (Å²) in [7, 11) is 0. The molecule has 20 heavy (non-hydrogen) atoms. The minimum Gasteiger partial charge on any atom is -0.383 e. The van der Waals surface area contributed by atoms with Gasteiger partial charge in [-0.1, -0.05) is 29.4 Å². The summed E-state index contributed by atoms with van der Waals surface area (Å²) in [5.74, 6) is 0.285. The Kier molecular flexibility index (Phi) is 4.26. The van der Waals surface area contributed by atoms with Crippen LogP contribution in [-0.4, -0.2) is 14.9 Å². The highest BCUT2D eigenvalue weighted by Gasteiger charge is 2.17. The molecule has 0 spiro atoms. The molecule has 0 aliphatic heterocycles. The van der Waals surface area contributed by atoms with E-state index >= 15 is 0 Å². The van der Waals surface area contributed by atoms with Crippen molar-refractivity contribution in [1.82, 2.24) is 9.97 Å². The summed E-state index contributed by atoms with van der Waals surface area (Å²) < 4.78 is 0. The summed E-state index contributed by atoms with van der Waals surface area (Å²) in [5, 5.41) is 11.5. The number of nitrogens with two attached hydrogens (primary N) is 1. The first-order chi connectivity index (χ1) is 9.47. The van der Waals surface area contributed by atoms with Crippen molar-refractivity contribution in [2.24, 2.45) is 0 Å². The second-order valence-electron chi connectivity index (χ2n) is 3.76. The van der Waals surface area contributed by atoms with Gasteiger partial charge >= 0.3 is 0 Å². The van der Waals surface area contributed by atoms with Crippen LogP contribution in [0.25, 0.3) is 0 Å². The first-order valence-corrected chi connectivity index (χ1v) is 6.75. The molecule has 1 aromatic carbocycles.